The number of imidazole rings is 1. The minimum Gasteiger partial charge on any atom is -0.341 e. The molecule has 3 rings (SSSR count). The molecule has 1 atom stereocenters. The smallest absolute Gasteiger partial charge is 0.224 e. The Morgan fingerprint density at radius 3 is 2.96 bits per heavy atom. The topological polar surface area (TPSA) is 41.4 Å². The molecule has 5 nitrogen and oxygen atoms in total. The van der Waals surface area contributed by atoms with E-state index in [0.717, 1.165) is 57.3 Å². The quantitative estimate of drug-likeness (QED) is 0.745. The summed E-state index contributed by atoms with van der Waals surface area (Å²) in [6.07, 6.45) is 14.8. The summed E-state index contributed by atoms with van der Waals surface area (Å²) >= 11 is 0. The molecule has 1 unspecified atom stereocenters. The standard InChI is InChI=1S/C20H32N4O/c1-2-19-21-10-14-23(19)13-9-20(25)24-12-6-11-22(15-16-24)17-18-7-4-3-5-8-18/h3-4,10,14,18H,2,5-9,11-13,15-17H2,1H3. The zero-order chi connectivity index (χ0) is 17.5. The molecule has 0 radical (unpaired) electrons. The van der Waals surface area contributed by atoms with Crippen LogP contribution in [0.4, 0.5) is 0 Å². The van der Waals surface area contributed by atoms with E-state index in [1.807, 2.05) is 12.4 Å². The Morgan fingerprint density at radius 2 is 2.16 bits per heavy atom. The Bertz CT molecular complexity index is 580. The van der Waals surface area contributed by atoms with Gasteiger partial charge in [0.1, 0.15) is 5.82 Å². The van der Waals surface area contributed by atoms with Gasteiger partial charge in [-0.1, -0.05) is 19.1 Å². The maximum atomic E-state index is 12.6. The number of amides is 1. The number of aryl methyl sites for hydroxylation is 2. The van der Waals surface area contributed by atoms with Crippen molar-refractivity contribution >= 4 is 5.91 Å². The second-order valence-corrected chi connectivity index (χ2v) is 7.33. The molecular weight excluding hydrogens is 312 g/mol. The largest absolute Gasteiger partial charge is 0.341 e. The summed E-state index contributed by atoms with van der Waals surface area (Å²) < 4.78 is 2.11. The lowest BCUT2D eigenvalue weighted by molar-refractivity contribution is -0.131. The lowest BCUT2D eigenvalue weighted by Crippen LogP contribution is -2.37. The average molecular weight is 345 g/mol. The minimum atomic E-state index is 0.290. The summed E-state index contributed by atoms with van der Waals surface area (Å²) in [6.45, 7) is 7.99. The van der Waals surface area contributed by atoms with Crippen molar-refractivity contribution in [2.75, 3.05) is 32.7 Å². The number of allylic oxidation sites excluding steroid dienone is 2. The number of hydrogen-bond donors (Lipinski definition) is 0. The Kier molecular flexibility index (Phi) is 6.68. The molecule has 1 amide bonds. The first kappa shape index (κ1) is 18.2. The van der Waals surface area contributed by atoms with E-state index in [1.54, 1.807) is 0 Å². The molecule has 1 aromatic heterocycles. The lowest BCUT2D eigenvalue weighted by atomic mass is 9.94. The van der Waals surface area contributed by atoms with E-state index in [2.05, 4.69) is 38.4 Å². The van der Waals surface area contributed by atoms with E-state index in [4.69, 9.17) is 0 Å². The molecule has 1 saturated heterocycles. The molecular formula is C20H32N4O. The highest BCUT2D eigenvalue weighted by atomic mass is 16.2. The number of aromatic nitrogens is 2. The fraction of sp³-hybridized carbons (Fsp3) is 0.700. The van der Waals surface area contributed by atoms with Crippen LogP contribution in [0.25, 0.3) is 0 Å². The molecule has 0 spiro atoms. The first-order chi connectivity index (χ1) is 12.3. The molecule has 0 saturated carbocycles. The van der Waals surface area contributed by atoms with Crippen LogP contribution in [0.15, 0.2) is 24.5 Å². The van der Waals surface area contributed by atoms with Crippen LogP contribution in [-0.4, -0.2) is 58.0 Å². The summed E-state index contributed by atoms with van der Waals surface area (Å²) in [4.78, 5) is 21.6. The fourth-order valence-electron chi connectivity index (χ4n) is 4.02. The Morgan fingerprint density at radius 1 is 1.24 bits per heavy atom. The Hall–Kier alpha value is -1.62. The summed E-state index contributed by atoms with van der Waals surface area (Å²) in [5.74, 6) is 2.16. The molecule has 0 aromatic carbocycles. The number of carbonyl (C=O) groups is 1. The van der Waals surface area contributed by atoms with Gasteiger partial charge in [0, 0.05) is 58.0 Å². The third kappa shape index (κ3) is 5.18. The van der Waals surface area contributed by atoms with Crippen molar-refractivity contribution in [3.63, 3.8) is 0 Å². The zero-order valence-corrected chi connectivity index (χ0v) is 15.6. The van der Waals surface area contributed by atoms with Crippen molar-refractivity contribution in [1.82, 2.24) is 19.4 Å². The maximum Gasteiger partial charge on any atom is 0.224 e. The van der Waals surface area contributed by atoms with Gasteiger partial charge in [0.15, 0.2) is 0 Å². The highest BCUT2D eigenvalue weighted by Crippen LogP contribution is 2.20. The van der Waals surface area contributed by atoms with Crippen LogP contribution in [0.3, 0.4) is 0 Å². The third-order valence-corrected chi connectivity index (χ3v) is 5.52. The van der Waals surface area contributed by atoms with Crippen molar-refractivity contribution in [2.45, 2.75) is 52.0 Å². The first-order valence-electron chi connectivity index (χ1n) is 9.91. The van der Waals surface area contributed by atoms with Gasteiger partial charge >= 0.3 is 0 Å². The highest BCUT2D eigenvalue weighted by Gasteiger charge is 2.21. The fourth-order valence-corrected chi connectivity index (χ4v) is 4.02. The van der Waals surface area contributed by atoms with Gasteiger partial charge in [0.05, 0.1) is 0 Å². The first-order valence-corrected chi connectivity index (χ1v) is 9.91. The normalized spacial score (nSPS) is 22.1. The molecule has 1 aromatic rings. The van der Waals surface area contributed by atoms with E-state index < -0.39 is 0 Å². The van der Waals surface area contributed by atoms with Crippen LogP contribution in [0.1, 0.15) is 44.9 Å². The maximum absolute atomic E-state index is 12.6. The molecule has 25 heavy (non-hydrogen) atoms. The predicted octanol–water partition coefficient (Wildman–Crippen LogP) is 2.73. The zero-order valence-electron chi connectivity index (χ0n) is 15.6. The molecule has 0 bridgehead atoms. The van der Waals surface area contributed by atoms with Gasteiger partial charge in [-0.05, 0) is 38.1 Å². The van der Waals surface area contributed by atoms with E-state index in [9.17, 15) is 4.79 Å². The molecule has 0 N–H and O–H groups in total. The molecule has 2 aliphatic rings. The van der Waals surface area contributed by atoms with Gasteiger partial charge < -0.3 is 14.4 Å². The van der Waals surface area contributed by atoms with Crippen LogP contribution in [0, 0.1) is 5.92 Å². The summed E-state index contributed by atoms with van der Waals surface area (Å²) in [6, 6.07) is 0. The van der Waals surface area contributed by atoms with Gasteiger partial charge in [-0.3, -0.25) is 4.79 Å². The minimum absolute atomic E-state index is 0.290. The lowest BCUT2D eigenvalue weighted by Gasteiger charge is -2.27. The van der Waals surface area contributed by atoms with Crippen molar-refractivity contribution in [1.29, 1.82) is 0 Å². The average Bonchev–Trinajstić information content (AvgIpc) is 2.98. The molecule has 1 aliphatic carbocycles. The van der Waals surface area contributed by atoms with Crippen molar-refractivity contribution < 1.29 is 4.79 Å². The number of rotatable bonds is 6. The van der Waals surface area contributed by atoms with Crippen LogP contribution in [0.5, 0.6) is 0 Å². The third-order valence-electron chi connectivity index (χ3n) is 5.52. The number of nitrogens with zero attached hydrogens (tertiary/aromatic N) is 4. The van der Waals surface area contributed by atoms with E-state index in [0.29, 0.717) is 12.3 Å². The van der Waals surface area contributed by atoms with Gasteiger partial charge in [-0.25, -0.2) is 4.98 Å². The van der Waals surface area contributed by atoms with Crippen LogP contribution in [0.2, 0.25) is 0 Å². The van der Waals surface area contributed by atoms with E-state index >= 15 is 0 Å². The monoisotopic (exact) mass is 344 g/mol. The van der Waals surface area contributed by atoms with Gasteiger partial charge in [0.25, 0.3) is 0 Å². The van der Waals surface area contributed by atoms with E-state index in [-0.39, 0.29) is 0 Å². The molecule has 1 fully saturated rings. The SMILES string of the molecule is CCc1nccn1CCC(=O)N1CCCN(CC2CC=CCC2)CC1. The van der Waals surface area contributed by atoms with Crippen LogP contribution in [-0.2, 0) is 17.8 Å². The Labute approximate surface area is 151 Å². The summed E-state index contributed by atoms with van der Waals surface area (Å²) in [7, 11) is 0. The van der Waals surface area contributed by atoms with Crippen molar-refractivity contribution in [3.05, 3.63) is 30.4 Å². The Balaban J connectivity index is 1.43. The highest BCUT2D eigenvalue weighted by molar-refractivity contribution is 5.76. The van der Waals surface area contributed by atoms with Gasteiger partial charge in [0.2, 0.25) is 5.91 Å². The number of hydrogen-bond acceptors (Lipinski definition) is 3. The van der Waals surface area contributed by atoms with Crippen LogP contribution < -0.4 is 0 Å². The summed E-state index contributed by atoms with van der Waals surface area (Å²) in [5.41, 5.74) is 0. The van der Waals surface area contributed by atoms with Crippen molar-refractivity contribution in [2.24, 2.45) is 5.92 Å². The molecule has 1 aliphatic heterocycles. The molecule has 2 heterocycles. The molecule has 5 heteroatoms. The predicted molar refractivity (Wildman–Crippen MR) is 100 cm³/mol. The second-order valence-electron chi connectivity index (χ2n) is 7.33. The summed E-state index contributed by atoms with van der Waals surface area (Å²) in [5, 5.41) is 0. The van der Waals surface area contributed by atoms with Crippen molar-refractivity contribution in [3.8, 4) is 0 Å². The second kappa shape index (κ2) is 9.18. The van der Waals surface area contributed by atoms with Gasteiger partial charge in [-0.2, -0.15) is 0 Å². The molecule has 138 valence electrons. The number of carbonyl (C=O) groups excluding carboxylic acids is 1. The van der Waals surface area contributed by atoms with Gasteiger partial charge in [-0.15, -0.1) is 0 Å². The van der Waals surface area contributed by atoms with Crippen LogP contribution >= 0.6 is 0 Å². The van der Waals surface area contributed by atoms with E-state index in [1.165, 1.54) is 25.8 Å².